The summed E-state index contributed by atoms with van der Waals surface area (Å²) in [5.41, 5.74) is 0.752. The highest BCUT2D eigenvalue weighted by Crippen LogP contribution is 2.42. The third-order valence-corrected chi connectivity index (χ3v) is 5.52. The van der Waals surface area contributed by atoms with Crippen molar-refractivity contribution in [3.05, 3.63) is 59.1 Å². The highest BCUT2D eigenvalue weighted by Gasteiger charge is 2.39. The van der Waals surface area contributed by atoms with Crippen molar-refractivity contribution in [2.45, 2.75) is 57.8 Å². The largest absolute Gasteiger partial charge is 0.487 e. The predicted molar refractivity (Wildman–Crippen MR) is 107 cm³/mol. The lowest BCUT2D eigenvalue weighted by molar-refractivity contribution is -0.128. The normalized spacial score (nSPS) is 18.7. The van der Waals surface area contributed by atoms with Crippen LogP contribution >= 0.6 is 11.6 Å². The van der Waals surface area contributed by atoms with Gasteiger partial charge in [0.2, 0.25) is 0 Å². The Hall–Kier alpha value is -2.20. The number of rotatable bonds is 6. The Labute approximate surface area is 165 Å². The standard InChI is InChI=1S/C22H26ClNO3/c1-4-22(5-2)14-19(18-11-6-7-12-20(18)27-22)24-21(25)15(3)26-17-10-8-9-16(23)13-17/h6-13,15,19H,4-5,14H2,1-3H3,(H,24,25)/t15-,19-/m0/s1. The van der Waals surface area contributed by atoms with Gasteiger partial charge in [-0.3, -0.25) is 4.79 Å². The van der Waals surface area contributed by atoms with E-state index in [0.717, 1.165) is 30.6 Å². The minimum Gasteiger partial charge on any atom is -0.487 e. The second-order valence-corrected chi connectivity index (χ2v) is 7.45. The Bertz CT molecular complexity index is 804. The van der Waals surface area contributed by atoms with E-state index in [1.165, 1.54) is 0 Å². The fourth-order valence-electron chi connectivity index (χ4n) is 3.52. The van der Waals surface area contributed by atoms with Crippen molar-refractivity contribution in [3.8, 4) is 11.5 Å². The van der Waals surface area contributed by atoms with Crippen LogP contribution in [-0.2, 0) is 4.79 Å². The maximum Gasteiger partial charge on any atom is 0.261 e. The van der Waals surface area contributed by atoms with Crippen LogP contribution in [-0.4, -0.2) is 17.6 Å². The molecule has 4 nitrogen and oxygen atoms in total. The van der Waals surface area contributed by atoms with Gasteiger partial charge in [-0.2, -0.15) is 0 Å². The molecule has 0 aromatic heterocycles. The van der Waals surface area contributed by atoms with Crippen molar-refractivity contribution in [2.24, 2.45) is 0 Å². The van der Waals surface area contributed by atoms with Gasteiger partial charge in [0.25, 0.3) is 5.91 Å². The number of halogens is 1. The molecular formula is C22H26ClNO3. The summed E-state index contributed by atoms with van der Waals surface area (Å²) in [4.78, 5) is 12.8. The van der Waals surface area contributed by atoms with Crippen molar-refractivity contribution in [1.29, 1.82) is 0 Å². The zero-order valence-electron chi connectivity index (χ0n) is 16.0. The molecule has 1 aliphatic heterocycles. The smallest absolute Gasteiger partial charge is 0.261 e. The van der Waals surface area contributed by atoms with Gasteiger partial charge in [0.1, 0.15) is 17.1 Å². The number of hydrogen-bond donors (Lipinski definition) is 1. The van der Waals surface area contributed by atoms with E-state index < -0.39 is 6.10 Å². The average Bonchev–Trinajstić information content (AvgIpc) is 2.67. The molecule has 0 aliphatic carbocycles. The van der Waals surface area contributed by atoms with Crippen LogP contribution in [0.25, 0.3) is 0 Å². The summed E-state index contributed by atoms with van der Waals surface area (Å²) in [5, 5.41) is 3.73. The number of nitrogens with one attached hydrogen (secondary N) is 1. The summed E-state index contributed by atoms with van der Waals surface area (Å²) in [5.74, 6) is 1.27. The number of fused-ring (bicyclic) bond motifs is 1. The summed E-state index contributed by atoms with van der Waals surface area (Å²) in [6, 6.07) is 14.9. The first-order chi connectivity index (χ1) is 13.0. The topological polar surface area (TPSA) is 47.6 Å². The second kappa shape index (κ2) is 8.22. The molecule has 0 spiro atoms. The van der Waals surface area contributed by atoms with E-state index in [9.17, 15) is 4.79 Å². The lowest BCUT2D eigenvalue weighted by Crippen LogP contribution is -2.46. The number of para-hydroxylation sites is 1. The molecule has 0 saturated heterocycles. The van der Waals surface area contributed by atoms with Crippen LogP contribution in [0, 0.1) is 0 Å². The lowest BCUT2D eigenvalue weighted by atomic mass is 9.83. The zero-order chi connectivity index (χ0) is 19.4. The molecule has 2 aromatic carbocycles. The van der Waals surface area contributed by atoms with Crippen LogP contribution in [0.5, 0.6) is 11.5 Å². The molecular weight excluding hydrogens is 362 g/mol. The first-order valence-electron chi connectivity index (χ1n) is 9.47. The predicted octanol–water partition coefficient (Wildman–Crippen LogP) is 5.31. The molecule has 0 bridgehead atoms. The van der Waals surface area contributed by atoms with Crippen LogP contribution in [0.15, 0.2) is 48.5 Å². The van der Waals surface area contributed by atoms with Gasteiger partial charge in [-0.05, 0) is 44.0 Å². The molecule has 0 saturated carbocycles. The Kier molecular flexibility index (Phi) is 5.95. The highest BCUT2D eigenvalue weighted by atomic mass is 35.5. The molecule has 1 N–H and O–H groups in total. The second-order valence-electron chi connectivity index (χ2n) is 7.01. The molecule has 3 rings (SSSR count). The minimum atomic E-state index is -0.629. The molecule has 1 heterocycles. The van der Waals surface area contributed by atoms with E-state index in [4.69, 9.17) is 21.1 Å². The Morgan fingerprint density at radius 2 is 2.00 bits per heavy atom. The molecule has 0 fully saturated rings. The van der Waals surface area contributed by atoms with Gasteiger partial charge in [-0.15, -0.1) is 0 Å². The summed E-state index contributed by atoms with van der Waals surface area (Å²) < 4.78 is 12.1. The minimum absolute atomic E-state index is 0.104. The molecule has 0 unspecified atom stereocenters. The van der Waals surface area contributed by atoms with Crippen LogP contribution in [0.4, 0.5) is 0 Å². The van der Waals surface area contributed by atoms with Crippen molar-refractivity contribution >= 4 is 17.5 Å². The Morgan fingerprint density at radius 1 is 1.26 bits per heavy atom. The van der Waals surface area contributed by atoms with Gasteiger partial charge in [-0.1, -0.05) is 49.7 Å². The van der Waals surface area contributed by atoms with Crippen LogP contribution in [0.3, 0.4) is 0 Å². The van der Waals surface area contributed by atoms with E-state index in [0.29, 0.717) is 10.8 Å². The van der Waals surface area contributed by atoms with Crippen LogP contribution in [0.1, 0.15) is 51.6 Å². The monoisotopic (exact) mass is 387 g/mol. The molecule has 27 heavy (non-hydrogen) atoms. The summed E-state index contributed by atoms with van der Waals surface area (Å²) in [6.45, 7) is 6.00. The van der Waals surface area contributed by atoms with Crippen molar-refractivity contribution in [2.75, 3.05) is 0 Å². The van der Waals surface area contributed by atoms with Gasteiger partial charge in [-0.25, -0.2) is 0 Å². The SMILES string of the molecule is CCC1(CC)C[C@H](NC(=O)[C@H](C)Oc2cccc(Cl)c2)c2ccccc2O1. The molecule has 2 atom stereocenters. The first-order valence-corrected chi connectivity index (χ1v) is 9.84. The van der Waals surface area contributed by atoms with Crippen LogP contribution < -0.4 is 14.8 Å². The number of carbonyl (C=O) groups excluding carboxylic acids is 1. The Balaban J connectivity index is 1.75. The van der Waals surface area contributed by atoms with E-state index in [2.05, 4.69) is 19.2 Å². The maximum absolute atomic E-state index is 12.8. The van der Waals surface area contributed by atoms with Gasteiger partial charge in [0.05, 0.1) is 6.04 Å². The van der Waals surface area contributed by atoms with Crippen LogP contribution in [0.2, 0.25) is 5.02 Å². The van der Waals surface area contributed by atoms with E-state index in [1.54, 1.807) is 31.2 Å². The number of ether oxygens (including phenoxy) is 2. The molecule has 1 aliphatic rings. The first kappa shape index (κ1) is 19.6. The fraction of sp³-hybridized carbons (Fsp3) is 0.409. The van der Waals surface area contributed by atoms with Gasteiger partial charge in [0, 0.05) is 17.0 Å². The van der Waals surface area contributed by atoms with Crippen molar-refractivity contribution in [1.82, 2.24) is 5.32 Å². The lowest BCUT2D eigenvalue weighted by Gasteiger charge is -2.41. The molecule has 1 amide bonds. The van der Waals surface area contributed by atoms with Crippen molar-refractivity contribution in [3.63, 3.8) is 0 Å². The third kappa shape index (κ3) is 4.38. The van der Waals surface area contributed by atoms with Gasteiger partial charge < -0.3 is 14.8 Å². The number of benzene rings is 2. The Morgan fingerprint density at radius 3 is 2.70 bits per heavy atom. The molecule has 2 aromatic rings. The average molecular weight is 388 g/mol. The summed E-state index contributed by atoms with van der Waals surface area (Å²) >= 11 is 5.99. The molecule has 144 valence electrons. The third-order valence-electron chi connectivity index (χ3n) is 5.28. The van der Waals surface area contributed by atoms with E-state index >= 15 is 0 Å². The van der Waals surface area contributed by atoms with E-state index in [1.807, 2.05) is 24.3 Å². The summed E-state index contributed by atoms with van der Waals surface area (Å²) in [6.07, 6.45) is 1.89. The molecule has 0 radical (unpaired) electrons. The molecule has 5 heteroatoms. The highest BCUT2D eigenvalue weighted by molar-refractivity contribution is 6.30. The number of amides is 1. The van der Waals surface area contributed by atoms with Crippen molar-refractivity contribution < 1.29 is 14.3 Å². The number of carbonyl (C=O) groups is 1. The maximum atomic E-state index is 12.8. The number of hydrogen-bond acceptors (Lipinski definition) is 3. The van der Waals surface area contributed by atoms with E-state index in [-0.39, 0.29) is 17.6 Å². The van der Waals surface area contributed by atoms with Gasteiger partial charge in [0.15, 0.2) is 6.10 Å². The quantitative estimate of drug-likeness (QED) is 0.731. The fourth-order valence-corrected chi connectivity index (χ4v) is 3.70. The summed E-state index contributed by atoms with van der Waals surface area (Å²) in [7, 11) is 0. The van der Waals surface area contributed by atoms with Gasteiger partial charge >= 0.3 is 0 Å². The zero-order valence-corrected chi connectivity index (χ0v) is 16.8.